The molecule has 1 aliphatic carbocycles. The molecule has 1 saturated carbocycles. The molecule has 0 radical (unpaired) electrons. The van der Waals surface area contributed by atoms with Crippen LogP contribution in [0.25, 0.3) is 11.1 Å². The summed E-state index contributed by atoms with van der Waals surface area (Å²) in [7, 11) is 0. The summed E-state index contributed by atoms with van der Waals surface area (Å²) in [5.74, 6) is -1.96. The van der Waals surface area contributed by atoms with Gasteiger partial charge >= 0.3 is 6.18 Å². The van der Waals surface area contributed by atoms with Gasteiger partial charge in [0.2, 0.25) is 5.91 Å². The molecule has 5 rings (SSSR count). The van der Waals surface area contributed by atoms with Crippen molar-refractivity contribution in [1.82, 2.24) is 19.7 Å². The number of aliphatic hydroxyl groups is 1. The van der Waals surface area contributed by atoms with E-state index < -0.39 is 35.4 Å². The van der Waals surface area contributed by atoms with Gasteiger partial charge in [-0.25, -0.2) is 0 Å². The molecule has 1 aromatic carbocycles. The monoisotopic (exact) mass is 588 g/mol. The van der Waals surface area contributed by atoms with Gasteiger partial charge in [-0.05, 0) is 24.8 Å². The van der Waals surface area contributed by atoms with Crippen molar-refractivity contribution in [3.05, 3.63) is 58.5 Å². The van der Waals surface area contributed by atoms with Gasteiger partial charge in [-0.3, -0.25) is 14.4 Å². The van der Waals surface area contributed by atoms with Crippen molar-refractivity contribution in [1.29, 1.82) is 0 Å². The summed E-state index contributed by atoms with van der Waals surface area (Å²) < 4.78 is 40.4. The smallest absolute Gasteiger partial charge is 0.387 e. The standard InChI is InChI=1S/C31H39F3N4O4/c1-22(18-31(32,33)34)27(40)37-14-11-30(42,29(20-37)9-5-6-10-29)21-38-19-25(28(41)36-15-12-35-13-16-36)24(17-26(38)39)23-7-3-2-4-8-23/h2-4,7-8,17,19,22,35,42H,5-6,9-16,18,20-21H2,1H3/t22?,30-/m0/s1. The minimum atomic E-state index is -4.44. The van der Waals surface area contributed by atoms with Crippen molar-refractivity contribution in [2.75, 3.05) is 39.3 Å². The Kier molecular flexibility index (Phi) is 8.53. The molecule has 2 aromatic rings. The van der Waals surface area contributed by atoms with Crippen molar-refractivity contribution in [2.24, 2.45) is 11.3 Å². The van der Waals surface area contributed by atoms with Gasteiger partial charge in [0, 0.05) is 68.4 Å². The number of hydrogen-bond donors (Lipinski definition) is 2. The Morgan fingerprint density at radius 2 is 1.69 bits per heavy atom. The summed E-state index contributed by atoms with van der Waals surface area (Å²) in [5, 5.41) is 15.4. The highest BCUT2D eigenvalue weighted by Gasteiger charge is 2.56. The molecule has 1 unspecified atom stereocenters. The molecule has 2 aliphatic heterocycles. The molecule has 2 atom stereocenters. The summed E-state index contributed by atoms with van der Waals surface area (Å²) in [5.41, 5.74) is -0.835. The first-order valence-corrected chi connectivity index (χ1v) is 14.8. The van der Waals surface area contributed by atoms with E-state index in [9.17, 15) is 32.7 Å². The summed E-state index contributed by atoms with van der Waals surface area (Å²) >= 11 is 0. The van der Waals surface area contributed by atoms with Crippen LogP contribution in [0.4, 0.5) is 13.2 Å². The Morgan fingerprint density at radius 1 is 1.02 bits per heavy atom. The summed E-state index contributed by atoms with van der Waals surface area (Å²) in [4.78, 5) is 43.5. The molecule has 2 saturated heterocycles. The number of aromatic nitrogens is 1. The number of nitrogens with zero attached hydrogens (tertiary/aromatic N) is 3. The molecule has 0 bridgehead atoms. The van der Waals surface area contributed by atoms with Crippen LogP contribution in [-0.4, -0.2) is 82.3 Å². The van der Waals surface area contributed by atoms with E-state index in [2.05, 4.69) is 5.32 Å². The number of carbonyl (C=O) groups excluding carboxylic acids is 2. The fraction of sp³-hybridized carbons (Fsp3) is 0.581. The van der Waals surface area contributed by atoms with E-state index in [1.165, 1.54) is 22.5 Å². The number of amides is 2. The van der Waals surface area contributed by atoms with Crippen LogP contribution in [0.1, 0.15) is 55.8 Å². The van der Waals surface area contributed by atoms with Crippen LogP contribution in [0, 0.1) is 11.3 Å². The Balaban J connectivity index is 1.46. The summed E-state index contributed by atoms with van der Waals surface area (Å²) in [6.07, 6.45) is -1.11. The molecule has 8 nitrogen and oxygen atoms in total. The van der Waals surface area contributed by atoms with Crippen LogP contribution in [0.2, 0.25) is 0 Å². The number of hydrogen-bond acceptors (Lipinski definition) is 5. The number of rotatable bonds is 6. The van der Waals surface area contributed by atoms with E-state index in [1.54, 1.807) is 11.1 Å². The average molecular weight is 589 g/mol. The van der Waals surface area contributed by atoms with Crippen molar-refractivity contribution in [3.63, 3.8) is 0 Å². The molecule has 2 amide bonds. The van der Waals surface area contributed by atoms with Gasteiger partial charge in [0.15, 0.2) is 0 Å². The lowest BCUT2D eigenvalue weighted by atomic mass is 9.65. The van der Waals surface area contributed by atoms with Gasteiger partial charge in [0.25, 0.3) is 11.5 Å². The zero-order valence-electron chi connectivity index (χ0n) is 24.0. The third-order valence-electron chi connectivity index (χ3n) is 9.38. The first-order valence-electron chi connectivity index (χ1n) is 14.8. The Morgan fingerprint density at radius 3 is 2.33 bits per heavy atom. The maximum Gasteiger partial charge on any atom is 0.389 e. The number of carbonyl (C=O) groups is 2. The molecular formula is C31H39F3N4O4. The van der Waals surface area contributed by atoms with Crippen LogP contribution >= 0.6 is 0 Å². The molecule has 42 heavy (non-hydrogen) atoms. The maximum atomic E-state index is 13.8. The second-order valence-corrected chi connectivity index (χ2v) is 12.2. The first-order chi connectivity index (χ1) is 19.9. The Hall–Kier alpha value is -3.18. The zero-order valence-corrected chi connectivity index (χ0v) is 24.0. The van der Waals surface area contributed by atoms with E-state index in [0.29, 0.717) is 50.1 Å². The Bertz CT molecular complexity index is 1350. The number of benzene rings is 1. The van der Waals surface area contributed by atoms with Crippen LogP contribution < -0.4 is 10.9 Å². The molecule has 11 heteroatoms. The van der Waals surface area contributed by atoms with Crippen LogP contribution in [0.15, 0.2) is 47.4 Å². The van der Waals surface area contributed by atoms with Gasteiger partial charge in [-0.2, -0.15) is 13.2 Å². The van der Waals surface area contributed by atoms with E-state index in [1.807, 2.05) is 30.3 Å². The van der Waals surface area contributed by atoms with Crippen molar-refractivity contribution in [2.45, 2.75) is 63.8 Å². The van der Waals surface area contributed by atoms with Gasteiger partial charge < -0.3 is 24.8 Å². The first kappa shape index (κ1) is 30.3. The van der Waals surface area contributed by atoms with Gasteiger partial charge in [0.05, 0.1) is 24.1 Å². The van der Waals surface area contributed by atoms with Gasteiger partial charge in [-0.1, -0.05) is 50.1 Å². The normalized spacial score (nSPS) is 23.3. The lowest BCUT2D eigenvalue weighted by molar-refractivity contribution is -0.172. The van der Waals surface area contributed by atoms with Crippen molar-refractivity contribution < 1.29 is 27.9 Å². The number of piperazine rings is 1. The number of likely N-dealkylation sites (tertiary alicyclic amines) is 1. The highest BCUT2D eigenvalue weighted by atomic mass is 19.4. The highest BCUT2D eigenvalue weighted by Crippen LogP contribution is 2.52. The minimum Gasteiger partial charge on any atom is -0.387 e. The molecule has 228 valence electrons. The second-order valence-electron chi connectivity index (χ2n) is 12.2. The minimum absolute atomic E-state index is 0.0666. The molecule has 3 aliphatic rings. The second kappa shape index (κ2) is 11.8. The zero-order chi connectivity index (χ0) is 30.1. The predicted octanol–water partition coefficient (Wildman–Crippen LogP) is 3.67. The lowest BCUT2D eigenvalue weighted by Gasteiger charge is -2.52. The SMILES string of the molecule is CC(CC(F)(F)F)C(=O)N1CC[C@](O)(Cn2cc(C(=O)N3CCNCC3)c(-c3ccccc3)cc2=O)C2(CCCC2)C1. The lowest BCUT2D eigenvalue weighted by Crippen LogP contribution is -2.62. The van der Waals surface area contributed by atoms with E-state index in [4.69, 9.17) is 0 Å². The molecule has 3 fully saturated rings. The third kappa shape index (κ3) is 6.13. The fourth-order valence-electron chi connectivity index (χ4n) is 7.08. The Labute approximate surface area is 243 Å². The largest absolute Gasteiger partial charge is 0.389 e. The maximum absolute atomic E-state index is 13.8. The number of nitrogens with one attached hydrogen (secondary N) is 1. The molecular weight excluding hydrogens is 549 g/mol. The van der Waals surface area contributed by atoms with E-state index in [0.717, 1.165) is 18.4 Å². The van der Waals surface area contributed by atoms with Gasteiger partial charge in [-0.15, -0.1) is 0 Å². The van der Waals surface area contributed by atoms with Crippen molar-refractivity contribution >= 4 is 11.8 Å². The molecule has 1 spiro atoms. The summed E-state index contributed by atoms with van der Waals surface area (Å²) in [6.45, 7) is 3.89. The number of alkyl halides is 3. The summed E-state index contributed by atoms with van der Waals surface area (Å²) in [6, 6.07) is 10.7. The van der Waals surface area contributed by atoms with E-state index in [-0.39, 0.29) is 37.5 Å². The van der Waals surface area contributed by atoms with Crippen LogP contribution in [0.3, 0.4) is 0 Å². The van der Waals surface area contributed by atoms with Crippen LogP contribution in [0.5, 0.6) is 0 Å². The average Bonchev–Trinajstić information content (AvgIpc) is 3.45. The topological polar surface area (TPSA) is 94.9 Å². The number of halogens is 3. The van der Waals surface area contributed by atoms with Gasteiger partial charge in [0.1, 0.15) is 0 Å². The molecule has 2 N–H and O–H groups in total. The fourth-order valence-corrected chi connectivity index (χ4v) is 7.08. The van der Waals surface area contributed by atoms with E-state index >= 15 is 0 Å². The number of piperidine rings is 1. The predicted molar refractivity (Wildman–Crippen MR) is 152 cm³/mol. The molecule has 3 heterocycles. The van der Waals surface area contributed by atoms with Crippen LogP contribution in [-0.2, 0) is 11.3 Å². The number of pyridine rings is 1. The quantitative estimate of drug-likeness (QED) is 0.537. The third-order valence-corrected chi connectivity index (χ3v) is 9.38. The highest BCUT2D eigenvalue weighted by molar-refractivity contribution is 6.00. The van der Waals surface area contributed by atoms with Crippen molar-refractivity contribution in [3.8, 4) is 11.1 Å². The molecule has 1 aromatic heterocycles.